The monoisotopic (exact) mass is 374 g/mol. The lowest BCUT2D eigenvalue weighted by molar-refractivity contribution is -0.133. The standard InChI is InChI=1S/C17H18N4O2S2/c22-15(9-12-10-25-17(19-12)14-6-4-8-24-14)21-7-3-1-2-5-13(21)16-18-11-23-20-16/h4,6,8,10-11,13H,1-3,5,7,9H2. The molecule has 25 heavy (non-hydrogen) atoms. The Bertz CT molecular complexity index is 814. The number of carbonyl (C=O) groups excluding carboxylic acids is 1. The SMILES string of the molecule is O=C(Cc1csc(-c2cccs2)n1)N1CCCCCC1c1ncon1. The average Bonchev–Trinajstić information content (AvgIpc) is 3.35. The molecule has 6 nitrogen and oxygen atoms in total. The van der Waals surface area contributed by atoms with Crippen LogP contribution in [0.25, 0.3) is 9.88 Å². The summed E-state index contributed by atoms with van der Waals surface area (Å²) in [5, 5.41) is 8.96. The van der Waals surface area contributed by atoms with Crippen molar-refractivity contribution in [2.75, 3.05) is 6.54 Å². The number of rotatable bonds is 4. The quantitative estimate of drug-likeness (QED) is 0.692. The Hall–Kier alpha value is -2.06. The van der Waals surface area contributed by atoms with E-state index in [1.54, 1.807) is 22.7 Å². The van der Waals surface area contributed by atoms with Gasteiger partial charge in [-0.25, -0.2) is 4.98 Å². The lowest BCUT2D eigenvalue weighted by Gasteiger charge is -2.27. The Morgan fingerprint density at radius 1 is 1.32 bits per heavy atom. The van der Waals surface area contributed by atoms with Gasteiger partial charge in [-0.3, -0.25) is 4.79 Å². The highest BCUT2D eigenvalue weighted by molar-refractivity contribution is 7.20. The lowest BCUT2D eigenvalue weighted by Crippen LogP contribution is -2.36. The summed E-state index contributed by atoms with van der Waals surface area (Å²) < 4.78 is 4.89. The second-order valence-corrected chi connectivity index (χ2v) is 7.85. The van der Waals surface area contributed by atoms with Crippen molar-refractivity contribution < 1.29 is 9.32 Å². The van der Waals surface area contributed by atoms with Gasteiger partial charge in [0.05, 0.1) is 23.0 Å². The molecule has 0 radical (unpaired) electrons. The molecule has 0 N–H and O–H groups in total. The molecule has 0 aliphatic carbocycles. The van der Waals surface area contributed by atoms with Crippen LogP contribution in [0.1, 0.15) is 43.2 Å². The normalized spacial score (nSPS) is 18.2. The molecule has 130 valence electrons. The molecule has 1 aliphatic heterocycles. The van der Waals surface area contributed by atoms with Gasteiger partial charge in [0, 0.05) is 11.9 Å². The van der Waals surface area contributed by atoms with Gasteiger partial charge in [-0.15, -0.1) is 22.7 Å². The van der Waals surface area contributed by atoms with Crippen LogP contribution in [0.5, 0.6) is 0 Å². The number of thiophene rings is 1. The maximum absolute atomic E-state index is 12.9. The number of likely N-dealkylation sites (tertiary alicyclic amines) is 1. The van der Waals surface area contributed by atoms with E-state index in [-0.39, 0.29) is 11.9 Å². The van der Waals surface area contributed by atoms with Gasteiger partial charge in [-0.2, -0.15) is 4.98 Å². The van der Waals surface area contributed by atoms with Crippen molar-refractivity contribution in [2.45, 2.75) is 38.1 Å². The van der Waals surface area contributed by atoms with E-state index in [1.807, 2.05) is 21.7 Å². The number of carbonyl (C=O) groups is 1. The molecule has 0 aromatic carbocycles. The first-order chi connectivity index (χ1) is 12.3. The molecule has 1 unspecified atom stereocenters. The fraction of sp³-hybridized carbons (Fsp3) is 0.412. The molecular weight excluding hydrogens is 356 g/mol. The predicted molar refractivity (Wildman–Crippen MR) is 96.4 cm³/mol. The van der Waals surface area contributed by atoms with E-state index in [0.29, 0.717) is 12.2 Å². The van der Waals surface area contributed by atoms with Crippen LogP contribution in [0.2, 0.25) is 0 Å². The highest BCUT2D eigenvalue weighted by Gasteiger charge is 2.30. The molecule has 0 saturated carbocycles. The van der Waals surface area contributed by atoms with Gasteiger partial charge in [0.25, 0.3) is 0 Å². The Labute approximate surface area is 153 Å². The summed E-state index contributed by atoms with van der Waals surface area (Å²) in [6.07, 6.45) is 5.73. The van der Waals surface area contributed by atoms with E-state index in [1.165, 1.54) is 6.39 Å². The summed E-state index contributed by atoms with van der Waals surface area (Å²) in [5.74, 6) is 0.688. The molecule has 1 aliphatic rings. The van der Waals surface area contributed by atoms with Gasteiger partial charge in [-0.1, -0.05) is 24.1 Å². The van der Waals surface area contributed by atoms with Gasteiger partial charge in [0.2, 0.25) is 12.3 Å². The molecule has 1 saturated heterocycles. The number of nitrogens with zero attached hydrogens (tertiary/aromatic N) is 4. The van der Waals surface area contributed by atoms with Gasteiger partial charge < -0.3 is 9.42 Å². The zero-order valence-electron chi connectivity index (χ0n) is 13.6. The Morgan fingerprint density at radius 2 is 2.28 bits per heavy atom. The highest BCUT2D eigenvalue weighted by atomic mass is 32.1. The van der Waals surface area contributed by atoms with Gasteiger partial charge >= 0.3 is 0 Å². The van der Waals surface area contributed by atoms with Gasteiger partial charge in [0.1, 0.15) is 5.01 Å². The number of hydrogen-bond donors (Lipinski definition) is 0. The summed E-state index contributed by atoms with van der Waals surface area (Å²) in [6, 6.07) is 3.97. The van der Waals surface area contributed by atoms with Gasteiger partial charge in [-0.05, 0) is 24.3 Å². The van der Waals surface area contributed by atoms with Crippen molar-refractivity contribution in [1.29, 1.82) is 0 Å². The molecule has 3 aromatic heterocycles. The first-order valence-electron chi connectivity index (χ1n) is 8.35. The summed E-state index contributed by atoms with van der Waals surface area (Å²) in [6.45, 7) is 0.736. The second-order valence-electron chi connectivity index (χ2n) is 6.04. The maximum atomic E-state index is 12.9. The number of thiazole rings is 1. The van der Waals surface area contributed by atoms with E-state index in [0.717, 1.165) is 47.8 Å². The van der Waals surface area contributed by atoms with Crippen molar-refractivity contribution in [3.8, 4) is 9.88 Å². The third kappa shape index (κ3) is 3.64. The van der Waals surface area contributed by atoms with Crippen LogP contribution in [0.15, 0.2) is 33.8 Å². The van der Waals surface area contributed by atoms with E-state index in [4.69, 9.17) is 4.52 Å². The van der Waals surface area contributed by atoms with Crippen LogP contribution in [-0.4, -0.2) is 32.5 Å². The second kappa shape index (κ2) is 7.45. The minimum Gasteiger partial charge on any atom is -0.343 e. The van der Waals surface area contributed by atoms with E-state index < -0.39 is 0 Å². The van der Waals surface area contributed by atoms with Crippen LogP contribution >= 0.6 is 22.7 Å². The number of aromatic nitrogens is 3. The molecule has 0 bridgehead atoms. The topological polar surface area (TPSA) is 72.1 Å². The number of hydrogen-bond acceptors (Lipinski definition) is 7. The van der Waals surface area contributed by atoms with Crippen molar-refractivity contribution in [2.24, 2.45) is 0 Å². The zero-order chi connectivity index (χ0) is 17.1. The average molecular weight is 374 g/mol. The molecule has 1 fully saturated rings. The molecule has 1 amide bonds. The Kier molecular flexibility index (Phi) is 4.89. The van der Waals surface area contributed by atoms with E-state index in [2.05, 4.69) is 21.2 Å². The molecule has 8 heteroatoms. The van der Waals surface area contributed by atoms with Crippen LogP contribution < -0.4 is 0 Å². The van der Waals surface area contributed by atoms with Crippen LogP contribution in [0.4, 0.5) is 0 Å². The molecule has 1 atom stereocenters. The first kappa shape index (κ1) is 16.4. The highest BCUT2D eigenvalue weighted by Crippen LogP contribution is 2.30. The van der Waals surface area contributed by atoms with E-state index >= 15 is 0 Å². The molecule has 0 spiro atoms. The lowest BCUT2D eigenvalue weighted by atomic mass is 10.1. The molecule has 4 rings (SSSR count). The minimum absolute atomic E-state index is 0.0831. The molecule has 3 aromatic rings. The molecular formula is C17H18N4O2S2. The first-order valence-corrected chi connectivity index (χ1v) is 10.1. The van der Waals surface area contributed by atoms with Crippen LogP contribution in [0.3, 0.4) is 0 Å². The zero-order valence-corrected chi connectivity index (χ0v) is 15.3. The van der Waals surface area contributed by atoms with Gasteiger partial charge in [0.15, 0.2) is 5.82 Å². The predicted octanol–water partition coefficient (Wildman–Crippen LogP) is 3.94. The summed E-state index contributed by atoms with van der Waals surface area (Å²) in [5.41, 5.74) is 0.828. The summed E-state index contributed by atoms with van der Waals surface area (Å²) >= 11 is 3.25. The fourth-order valence-electron chi connectivity index (χ4n) is 3.16. The number of amides is 1. The van der Waals surface area contributed by atoms with Crippen LogP contribution in [-0.2, 0) is 11.2 Å². The molecule has 4 heterocycles. The smallest absolute Gasteiger partial charge is 0.229 e. The fourth-order valence-corrected chi connectivity index (χ4v) is 4.79. The third-order valence-corrected chi connectivity index (χ3v) is 6.30. The Morgan fingerprint density at radius 3 is 3.08 bits per heavy atom. The minimum atomic E-state index is -0.0934. The summed E-state index contributed by atoms with van der Waals surface area (Å²) in [7, 11) is 0. The van der Waals surface area contributed by atoms with Crippen molar-refractivity contribution in [3.05, 3.63) is 40.8 Å². The van der Waals surface area contributed by atoms with Crippen LogP contribution in [0, 0.1) is 0 Å². The Balaban J connectivity index is 1.50. The van der Waals surface area contributed by atoms with Crippen molar-refractivity contribution in [3.63, 3.8) is 0 Å². The van der Waals surface area contributed by atoms with Crippen molar-refractivity contribution >= 4 is 28.6 Å². The summed E-state index contributed by atoms with van der Waals surface area (Å²) in [4.78, 5) is 24.8. The third-order valence-electron chi connectivity index (χ3n) is 4.37. The van der Waals surface area contributed by atoms with Crippen molar-refractivity contribution in [1.82, 2.24) is 20.0 Å². The maximum Gasteiger partial charge on any atom is 0.229 e. The van der Waals surface area contributed by atoms with E-state index in [9.17, 15) is 4.79 Å². The largest absolute Gasteiger partial charge is 0.343 e.